The van der Waals surface area contributed by atoms with E-state index in [1.807, 2.05) is 74.3 Å². The monoisotopic (exact) mass is 950 g/mol. The lowest BCUT2D eigenvalue weighted by Crippen LogP contribution is -2.48. The Morgan fingerprint density at radius 1 is 0.725 bits per heavy atom. The van der Waals surface area contributed by atoms with E-state index in [-0.39, 0.29) is 50.2 Å². The number of amides is 1. The molecule has 374 valence electrons. The summed E-state index contributed by atoms with van der Waals surface area (Å²) >= 11 is 0. The van der Waals surface area contributed by atoms with Gasteiger partial charge in [-0.15, -0.1) is 13.2 Å². The summed E-state index contributed by atoms with van der Waals surface area (Å²) in [4.78, 5) is 28.1. The van der Waals surface area contributed by atoms with Crippen molar-refractivity contribution in [2.75, 3.05) is 33.0 Å². The minimum atomic E-state index is -0.815. The molecule has 0 aromatic heterocycles. The van der Waals surface area contributed by atoms with E-state index in [0.29, 0.717) is 61.5 Å². The number of carbonyl (C=O) groups is 2. The fraction of sp³-hybridized carbons (Fsp3) is 0.474. The van der Waals surface area contributed by atoms with E-state index in [1.54, 1.807) is 30.3 Å². The maximum absolute atomic E-state index is 13.5. The molecule has 69 heavy (non-hydrogen) atoms. The van der Waals surface area contributed by atoms with Crippen LogP contribution in [0.3, 0.4) is 0 Å². The van der Waals surface area contributed by atoms with Crippen LogP contribution in [0.25, 0.3) is 11.1 Å². The summed E-state index contributed by atoms with van der Waals surface area (Å²) < 4.78 is 22.9. The van der Waals surface area contributed by atoms with Crippen molar-refractivity contribution in [3.8, 4) is 5.75 Å². The first-order valence-electron chi connectivity index (χ1n) is 24.7. The molecular formula is C57H75NO11. The molecule has 0 saturated heterocycles. The van der Waals surface area contributed by atoms with Crippen LogP contribution in [0.5, 0.6) is 5.75 Å². The Balaban J connectivity index is 0.000000258. The van der Waals surface area contributed by atoms with Gasteiger partial charge in [0.25, 0.3) is 5.91 Å². The lowest BCUT2D eigenvalue weighted by atomic mass is 9.83. The number of benzene rings is 2. The fourth-order valence-corrected chi connectivity index (χ4v) is 8.53. The van der Waals surface area contributed by atoms with E-state index in [2.05, 4.69) is 38.3 Å². The normalized spacial score (nSPS) is 21.1. The highest BCUT2D eigenvalue weighted by Gasteiger charge is 2.37. The molecule has 2 heterocycles. The molecule has 12 nitrogen and oxygen atoms in total. The van der Waals surface area contributed by atoms with Crippen molar-refractivity contribution in [3.05, 3.63) is 150 Å². The van der Waals surface area contributed by atoms with Gasteiger partial charge in [0, 0.05) is 37.0 Å². The maximum Gasteiger partial charge on any atom is 0.339 e. The number of aliphatic hydroxyl groups is 5. The third-order valence-corrected chi connectivity index (χ3v) is 12.6. The number of carbonyl (C=O) groups excluding carboxylic acids is 2. The van der Waals surface area contributed by atoms with E-state index >= 15 is 0 Å². The number of nitrogens with zero attached hydrogens (tertiary/aromatic N) is 1. The molecule has 5 N–H and O–H groups in total. The number of fused-ring (bicyclic) bond motifs is 2. The fourth-order valence-electron chi connectivity index (χ4n) is 8.53. The zero-order valence-electron chi connectivity index (χ0n) is 41.0. The highest BCUT2D eigenvalue weighted by atomic mass is 16.5. The second kappa shape index (κ2) is 27.6. The van der Waals surface area contributed by atoms with Crippen LogP contribution in [0.2, 0.25) is 0 Å². The van der Waals surface area contributed by atoms with Gasteiger partial charge in [0.15, 0.2) is 0 Å². The molecule has 6 rings (SSSR count). The summed E-state index contributed by atoms with van der Waals surface area (Å²) in [6.07, 6.45) is 19.4. The van der Waals surface area contributed by atoms with Crippen LogP contribution in [-0.4, -0.2) is 112 Å². The predicted octanol–water partition coefficient (Wildman–Crippen LogP) is 8.51. The summed E-state index contributed by atoms with van der Waals surface area (Å²) in [7, 11) is 0. The van der Waals surface area contributed by atoms with Gasteiger partial charge < -0.3 is 49.4 Å². The largest absolute Gasteiger partial charge is 0.493 e. The van der Waals surface area contributed by atoms with Gasteiger partial charge >= 0.3 is 5.97 Å². The minimum absolute atomic E-state index is 0.0173. The van der Waals surface area contributed by atoms with E-state index in [9.17, 15) is 35.1 Å². The van der Waals surface area contributed by atoms with Gasteiger partial charge in [-0.3, -0.25) is 4.79 Å². The lowest BCUT2D eigenvalue weighted by Gasteiger charge is -2.39. The summed E-state index contributed by atoms with van der Waals surface area (Å²) in [6.45, 7) is 16.8. The van der Waals surface area contributed by atoms with Crippen LogP contribution in [-0.2, 0) is 30.2 Å². The lowest BCUT2D eigenvalue weighted by molar-refractivity contribution is -0.141. The van der Waals surface area contributed by atoms with Gasteiger partial charge in [0.1, 0.15) is 36.6 Å². The first kappa shape index (κ1) is 54.4. The van der Waals surface area contributed by atoms with Crippen molar-refractivity contribution in [3.63, 3.8) is 0 Å². The number of aryl methyl sites for hydroxylation is 1. The Labute approximate surface area is 409 Å². The Morgan fingerprint density at radius 2 is 1.33 bits per heavy atom. The third kappa shape index (κ3) is 16.6. The molecule has 2 aliphatic carbocycles. The van der Waals surface area contributed by atoms with Crippen LogP contribution < -0.4 is 4.74 Å². The van der Waals surface area contributed by atoms with Crippen molar-refractivity contribution < 1.29 is 54.1 Å². The van der Waals surface area contributed by atoms with Crippen LogP contribution >= 0.6 is 0 Å². The number of hydrogen-bond donors (Lipinski definition) is 5. The molecule has 8 unspecified atom stereocenters. The van der Waals surface area contributed by atoms with E-state index < -0.39 is 36.5 Å². The van der Waals surface area contributed by atoms with E-state index in [1.165, 1.54) is 0 Å². The second-order valence-electron chi connectivity index (χ2n) is 18.5. The molecule has 1 amide bonds. The summed E-state index contributed by atoms with van der Waals surface area (Å²) in [5, 5.41) is 49.2. The van der Waals surface area contributed by atoms with Gasteiger partial charge in [-0.05, 0) is 125 Å². The van der Waals surface area contributed by atoms with E-state index in [4.69, 9.17) is 18.9 Å². The van der Waals surface area contributed by atoms with E-state index in [0.717, 1.165) is 65.5 Å². The number of ether oxygens (including phenoxy) is 4. The molecule has 2 aromatic carbocycles. The van der Waals surface area contributed by atoms with Crippen molar-refractivity contribution >= 4 is 23.0 Å². The molecular weight excluding hydrogens is 875 g/mol. The maximum atomic E-state index is 13.5. The molecule has 0 spiro atoms. The Bertz CT molecular complexity index is 2220. The highest BCUT2D eigenvalue weighted by Crippen LogP contribution is 2.36. The molecule has 2 aliphatic heterocycles. The molecule has 8 atom stereocenters. The van der Waals surface area contributed by atoms with Gasteiger partial charge in [-0.2, -0.15) is 0 Å². The zero-order chi connectivity index (χ0) is 49.9. The van der Waals surface area contributed by atoms with Gasteiger partial charge in [-0.1, -0.05) is 85.7 Å². The highest BCUT2D eigenvalue weighted by molar-refractivity contribution is 6.21. The number of hydrogen-bond acceptors (Lipinski definition) is 11. The molecule has 0 fully saturated rings. The van der Waals surface area contributed by atoms with Crippen molar-refractivity contribution in [2.24, 2.45) is 11.8 Å². The number of allylic oxidation sites excluding steroid dienone is 4. The van der Waals surface area contributed by atoms with Gasteiger partial charge in [0.2, 0.25) is 0 Å². The van der Waals surface area contributed by atoms with Crippen molar-refractivity contribution in [1.29, 1.82) is 0 Å². The third-order valence-electron chi connectivity index (χ3n) is 12.6. The summed E-state index contributed by atoms with van der Waals surface area (Å²) in [5.74, 6) is 1.37. The second-order valence-corrected chi connectivity index (χ2v) is 18.5. The molecule has 0 radical (unpaired) electrons. The topological polar surface area (TPSA) is 175 Å². The van der Waals surface area contributed by atoms with Crippen molar-refractivity contribution in [2.45, 2.75) is 128 Å². The SMILES string of the molecule is C=C(C)CCCC(O)COC1=CC2C(C=C1)C=C(c1ccccc1CC)C(=O)N2CCCO.C=C(C)CCCC(O)COC1=CC2OC(=O)C(c3ccc(OCCC(O)C(O)CC)cc3)=CC2C=C1. The molecule has 0 saturated carbocycles. The van der Waals surface area contributed by atoms with Crippen LogP contribution in [0.1, 0.15) is 102 Å². The molecule has 2 aromatic rings. The summed E-state index contributed by atoms with van der Waals surface area (Å²) in [6, 6.07) is 15.0. The average Bonchev–Trinajstić information content (AvgIpc) is 3.34. The van der Waals surface area contributed by atoms with Crippen LogP contribution in [0.15, 0.2) is 133 Å². The molecule has 4 aliphatic rings. The average molecular weight is 950 g/mol. The first-order chi connectivity index (χ1) is 33.2. The van der Waals surface area contributed by atoms with Crippen LogP contribution in [0.4, 0.5) is 0 Å². The Morgan fingerprint density at radius 3 is 1.94 bits per heavy atom. The number of rotatable bonds is 26. The predicted molar refractivity (Wildman–Crippen MR) is 270 cm³/mol. The molecule has 12 heteroatoms. The smallest absolute Gasteiger partial charge is 0.339 e. The summed E-state index contributed by atoms with van der Waals surface area (Å²) in [5.41, 5.74) is 6.28. The van der Waals surface area contributed by atoms with Crippen LogP contribution in [0, 0.1) is 11.8 Å². The molecule has 0 bridgehead atoms. The number of esters is 1. The minimum Gasteiger partial charge on any atom is -0.493 e. The van der Waals surface area contributed by atoms with Gasteiger partial charge in [0.05, 0.1) is 42.6 Å². The first-order valence-corrected chi connectivity index (χ1v) is 24.7. The quantitative estimate of drug-likeness (QED) is 0.0452. The van der Waals surface area contributed by atoms with Gasteiger partial charge in [-0.25, -0.2) is 4.79 Å². The Kier molecular flexibility index (Phi) is 21.8. The zero-order valence-corrected chi connectivity index (χ0v) is 41.0. The van der Waals surface area contributed by atoms with Crippen molar-refractivity contribution in [1.82, 2.24) is 4.90 Å². The Hall–Kier alpha value is -5.50. The number of aliphatic hydroxyl groups excluding tert-OH is 5. The standard InChI is InChI=1S/C29H38O7.C28H37NO4/c1-4-26(31)27(32)14-15-34-23-11-8-20(9-12-23)25-16-21-10-13-24(17-28(21)36-29(25)33)35-18-22(30)7-5-6-19(2)3;1-4-21-10-5-6-12-25(21)26-17-22-13-14-24(33-19-23(31)11-7-9-20(2)3)18-27(22)29(28(26)32)15-8-16-30/h8-13,16-17,21-22,26-28,30-32H,2,4-7,14-15,18H2,1,3H3;5-6,10,12-14,17-18,22-23,27,30-31H,2,4,7-9,11,15-16,19H2,1,3H3.